The highest BCUT2D eigenvalue weighted by molar-refractivity contribution is 5.89. The molecule has 0 radical (unpaired) electrons. The van der Waals surface area contributed by atoms with Crippen LogP contribution in [0.2, 0.25) is 0 Å². The molecule has 5 nitrogen and oxygen atoms in total. The summed E-state index contributed by atoms with van der Waals surface area (Å²) in [5.74, 6) is 0.941. The highest BCUT2D eigenvalue weighted by Gasteiger charge is 2.11. The van der Waals surface area contributed by atoms with Crippen LogP contribution in [0.1, 0.15) is 32.9 Å². The van der Waals surface area contributed by atoms with Gasteiger partial charge in [0, 0.05) is 0 Å². The second kappa shape index (κ2) is 7.66. The third-order valence-electron chi connectivity index (χ3n) is 3.85. The Morgan fingerprint density at radius 3 is 2.56 bits per heavy atom. The van der Waals surface area contributed by atoms with Crippen molar-refractivity contribution in [2.75, 3.05) is 0 Å². The molecule has 0 saturated heterocycles. The maximum atomic E-state index is 12.2. The van der Waals surface area contributed by atoms with Gasteiger partial charge in [-0.05, 0) is 37.6 Å². The number of aryl methyl sites for hydroxylation is 2. The Balaban J connectivity index is 1.61. The molecule has 2 aromatic carbocycles. The number of hydrogen-bond donors (Lipinski definition) is 0. The van der Waals surface area contributed by atoms with Crippen molar-refractivity contribution in [2.45, 2.75) is 27.1 Å². The molecule has 25 heavy (non-hydrogen) atoms. The second-order valence-corrected chi connectivity index (χ2v) is 5.68. The van der Waals surface area contributed by atoms with Gasteiger partial charge < -0.3 is 14.0 Å². The van der Waals surface area contributed by atoms with Crippen LogP contribution in [0.15, 0.2) is 59.1 Å². The van der Waals surface area contributed by atoms with E-state index < -0.39 is 0 Å². The highest BCUT2D eigenvalue weighted by Crippen LogP contribution is 2.19. The van der Waals surface area contributed by atoms with E-state index in [2.05, 4.69) is 5.16 Å². The summed E-state index contributed by atoms with van der Waals surface area (Å²) in [4.78, 5) is 12.2. The average molecular weight is 337 g/mol. The van der Waals surface area contributed by atoms with Gasteiger partial charge in [-0.15, -0.1) is 0 Å². The molecular formula is C20H19NO4. The first-order chi connectivity index (χ1) is 12.1. The molecule has 128 valence electrons. The third-order valence-corrected chi connectivity index (χ3v) is 3.85. The van der Waals surface area contributed by atoms with Gasteiger partial charge in [-0.1, -0.05) is 41.6 Å². The Morgan fingerprint density at radius 1 is 1.04 bits per heavy atom. The van der Waals surface area contributed by atoms with Gasteiger partial charge in [0.15, 0.2) is 0 Å². The van der Waals surface area contributed by atoms with Crippen LogP contribution in [0.25, 0.3) is 0 Å². The Kier molecular flexibility index (Phi) is 5.14. The van der Waals surface area contributed by atoms with E-state index in [0.717, 1.165) is 22.6 Å². The lowest BCUT2D eigenvalue weighted by atomic mass is 10.2. The first-order valence-electron chi connectivity index (χ1n) is 7.99. The fourth-order valence-electron chi connectivity index (χ4n) is 2.38. The summed E-state index contributed by atoms with van der Waals surface area (Å²) in [6.45, 7) is 4.29. The summed E-state index contributed by atoms with van der Waals surface area (Å²) in [5.41, 5.74) is 3.11. The summed E-state index contributed by atoms with van der Waals surface area (Å²) < 4.78 is 16.2. The van der Waals surface area contributed by atoms with E-state index in [4.69, 9.17) is 14.0 Å². The molecule has 0 fully saturated rings. The second-order valence-electron chi connectivity index (χ2n) is 5.68. The fourth-order valence-corrected chi connectivity index (χ4v) is 2.38. The Morgan fingerprint density at radius 2 is 1.84 bits per heavy atom. The number of nitrogens with zero attached hydrogens (tertiary/aromatic N) is 1. The van der Waals surface area contributed by atoms with Gasteiger partial charge >= 0.3 is 5.97 Å². The molecule has 0 aliphatic heterocycles. The summed E-state index contributed by atoms with van der Waals surface area (Å²) in [5, 5.41) is 3.90. The standard InChI is InChI=1S/C20H19NO4/c1-14-19(15(2)25-21-14)13-23-18-10-6-9-17(11-18)20(22)24-12-16-7-4-3-5-8-16/h3-11H,12-13H2,1-2H3. The summed E-state index contributed by atoms with van der Waals surface area (Å²) in [7, 11) is 0. The van der Waals surface area contributed by atoms with Crippen molar-refractivity contribution >= 4 is 5.97 Å². The molecule has 0 bridgehead atoms. The number of benzene rings is 2. The molecule has 3 aromatic rings. The van der Waals surface area contributed by atoms with Gasteiger partial charge in [-0.2, -0.15) is 0 Å². The molecule has 0 spiro atoms. The van der Waals surface area contributed by atoms with E-state index in [1.54, 1.807) is 24.3 Å². The number of ether oxygens (including phenoxy) is 2. The van der Waals surface area contributed by atoms with Crippen LogP contribution in [-0.4, -0.2) is 11.1 Å². The lowest BCUT2D eigenvalue weighted by Gasteiger charge is -2.08. The first kappa shape index (κ1) is 16.8. The number of rotatable bonds is 6. The van der Waals surface area contributed by atoms with Gasteiger partial charge in [0.2, 0.25) is 0 Å². The molecule has 0 saturated carbocycles. The molecular weight excluding hydrogens is 318 g/mol. The van der Waals surface area contributed by atoms with Crippen LogP contribution in [0.5, 0.6) is 5.75 Å². The predicted octanol–water partition coefficient (Wildman–Crippen LogP) is 4.23. The van der Waals surface area contributed by atoms with Crippen molar-refractivity contribution in [1.29, 1.82) is 0 Å². The quantitative estimate of drug-likeness (QED) is 0.630. The SMILES string of the molecule is Cc1noc(C)c1COc1cccc(C(=O)OCc2ccccc2)c1. The monoisotopic (exact) mass is 337 g/mol. The van der Waals surface area contributed by atoms with E-state index in [-0.39, 0.29) is 12.6 Å². The highest BCUT2D eigenvalue weighted by atomic mass is 16.5. The number of aromatic nitrogens is 1. The molecule has 0 amide bonds. The van der Waals surface area contributed by atoms with Crippen molar-refractivity contribution in [3.63, 3.8) is 0 Å². The van der Waals surface area contributed by atoms with Gasteiger partial charge in [-0.25, -0.2) is 4.79 Å². The van der Waals surface area contributed by atoms with Gasteiger partial charge in [0.25, 0.3) is 0 Å². The molecule has 0 aliphatic rings. The van der Waals surface area contributed by atoms with E-state index >= 15 is 0 Å². The number of esters is 1. The Labute approximate surface area is 146 Å². The van der Waals surface area contributed by atoms with Crippen LogP contribution in [0.3, 0.4) is 0 Å². The van der Waals surface area contributed by atoms with E-state index in [0.29, 0.717) is 17.9 Å². The first-order valence-corrected chi connectivity index (χ1v) is 7.99. The maximum Gasteiger partial charge on any atom is 0.338 e. The topological polar surface area (TPSA) is 61.6 Å². The normalized spacial score (nSPS) is 10.5. The molecule has 0 atom stereocenters. The smallest absolute Gasteiger partial charge is 0.338 e. The molecule has 0 N–H and O–H groups in total. The van der Waals surface area contributed by atoms with E-state index in [1.807, 2.05) is 44.2 Å². The lowest BCUT2D eigenvalue weighted by Crippen LogP contribution is -2.06. The van der Waals surface area contributed by atoms with Crippen LogP contribution in [0.4, 0.5) is 0 Å². The van der Waals surface area contributed by atoms with Crippen LogP contribution in [0, 0.1) is 13.8 Å². The zero-order valence-electron chi connectivity index (χ0n) is 14.2. The molecule has 3 rings (SSSR count). The maximum absolute atomic E-state index is 12.2. The molecule has 0 unspecified atom stereocenters. The minimum absolute atomic E-state index is 0.240. The third kappa shape index (κ3) is 4.26. The largest absolute Gasteiger partial charge is 0.489 e. The zero-order valence-corrected chi connectivity index (χ0v) is 14.2. The molecule has 0 aliphatic carbocycles. The van der Waals surface area contributed by atoms with Crippen LogP contribution in [-0.2, 0) is 18.0 Å². The minimum Gasteiger partial charge on any atom is -0.489 e. The Hall–Kier alpha value is -3.08. The molecule has 1 aromatic heterocycles. The van der Waals surface area contributed by atoms with Crippen molar-refractivity contribution in [3.8, 4) is 5.75 Å². The zero-order chi connectivity index (χ0) is 17.6. The number of hydrogen-bond acceptors (Lipinski definition) is 5. The van der Waals surface area contributed by atoms with Gasteiger partial charge in [0.1, 0.15) is 24.7 Å². The fraction of sp³-hybridized carbons (Fsp3) is 0.200. The van der Waals surface area contributed by atoms with Crippen molar-refractivity contribution in [2.24, 2.45) is 0 Å². The van der Waals surface area contributed by atoms with Crippen molar-refractivity contribution in [3.05, 3.63) is 82.7 Å². The number of carbonyl (C=O) groups is 1. The van der Waals surface area contributed by atoms with Crippen LogP contribution < -0.4 is 4.74 Å². The lowest BCUT2D eigenvalue weighted by molar-refractivity contribution is 0.0472. The predicted molar refractivity (Wildman–Crippen MR) is 92.3 cm³/mol. The van der Waals surface area contributed by atoms with E-state index in [1.165, 1.54) is 0 Å². The van der Waals surface area contributed by atoms with Gasteiger partial charge in [0.05, 0.1) is 16.8 Å². The number of carbonyl (C=O) groups excluding carboxylic acids is 1. The van der Waals surface area contributed by atoms with Crippen molar-refractivity contribution < 1.29 is 18.8 Å². The minimum atomic E-state index is -0.383. The summed E-state index contributed by atoms with van der Waals surface area (Å²) in [6, 6.07) is 16.5. The molecule has 1 heterocycles. The molecule has 5 heteroatoms. The van der Waals surface area contributed by atoms with E-state index in [9.17, 15) is 4.79 Å². The summed E-state index contributed by atoms with van der Waals surface area (Å²) >= 11 is 0. The van der Waals surface area contributed by atoms with Crippen LogP contribution >= 0.6 is 0 Å². The van der Waals surface area contributed by atoms with Crippen molar-refractivity contribution in [1.82, 2.24) is 5.16 Å². The summed E-state index contributed by atoms with van der Waals surface area (Å²) in [6.07, 6.45) is 0. The van der Waals surface area contributed by atoms with Gasteiger partial charge in [-0.3, -0.25) is 0 Å². The Bertz CT molecular complexity index is 836. The average Bonchev–Trinajstić information content (AvgIpc) is 2.97.